The smallest absolute Gasteiger partial charge is 0.173 e. The summed E-state index contributed by atoms with van der Waals surface area (Å²) in [5.74, 6) is -0.0721. The molecule has 0 N–H and O–H groups in total. The zero-order chi connectivity index (χ0) is 15.9. The van der Waals surface area contributed by atoms with Crippen molar-refractivity contribution in [1.82, 2.24) is 0 Å². The van der Waals surface area contributed by atoms with Crippen molar-refractivity contribution in [3.8, 4) is 5.75 Å². The lowest BCUT2D eigenvalue weighted by molar-refractivity contribution is 0.0829. The molecule has 22 heavy (non-hydrogen) atoms. The average Bonchev–Trinajstić information content (AvgIpc) is 2.45. The molecule has 2 aromatic carbocycles. The number of ketones is 1. The Morgan fingerprint density at radius 2 is 2.14 bits per heavy atom. The summed E-state index contributed by atoms with van der Waals surface area (Å²) in [7, 11) is 0. The lowest BCUT2D eigenvalue weighted by atomic mass is 9.89. The number of benzene rings is 2. The van der Waals surface area contributed by atoms with Gasteiger partial charge in [-0.15, -0.1) is 0 Å². The first-order valence-corrected chi connectivity index (χ1v) is 8.04. The molecule has 0 amide bonds. The van der Waals surface area contributed by atoms with Crippen LogP contribution in [0.2, 0.25) is 5.02 Å². The largest absolute Gasteiger partial charge is 0.491 e. The highest BCUT2D eigenvalue weighted by molar-refractivity contribution is 9.10. The van der Waals surface area contributed by atoms with Crippen molar-refractivity contribution >= 4 is 33.3 Å². The minimum atomic E-state index is -0.384. The average molecular weight is 384 g/mol. The Hall–Kier alpha value is -1.39. The van der Waals surface area contributed by atoms with Crippen LogP contribution in [-0.2, 0) is 6.42 Å². The van der Waals surface area contributed by atoms with Crippen molar-refractivity contribution in [2.75, 3.05) is 6.61 Å². The summed E-state index contributed by atoms with van der Waals surface area (Å²) in [4.78, 5) is 12.7. The predicted octanol–water partition coefficient (Wildman–Crippen LogP) is 4.98. The van der Waals surface area contributed by atoms with Crippen LogP contribution in [0, 0.1) is 18.7 Å². The van der Waals surface area contributed by atoms with Crippen LogP contribution in [0.15, 0.2) is 34.8 Å². The summed E-state index contributed by atoms with van der Waals surface area (Å²) in [5, 5.41) is 0.337. The summed E-state index contributed by atoms with van der Waals surface area (Å²) in [6.45, 7) is 2.22. The van der Waals surface area contributed by atoms with Crippen molar-refractivity contribution in [2.24, 2.45) is 5.92 Å². The first-order chi connectivity index (χ1) is 10.5. The van der Waals surface area contributed by atoms with Crippen LogP contribution < -0.4 is 4.74 Å². The van der Waals surface area contributed by atoms with Crippen molar-refractivity contribution in [1.29, 1.82) is 0 Å². The molecule has 3 rings (SSSR count). The molecule has 0 radical (unpaired) electrons. The monoisotopic (exact) mass is 382 g/mol. The number of fused-ring (bicyclic) bond motifs is 1. The molecule has 0 saturated carbocycles. The van der Waals surface area contributed by atoms with Crippen molar-refractivity contribution in [2.45, 2.75) is 13.3 Å². The Morgan fingerprint density at radius 1 is 1.36 bits per heavy atom. The van der Waals surface area contributed by atoms with Gasteiger partial charge in [-0.3, -0.25) is 4.79 Å². The van der Waals surface area contributed by atoms with Gasteiger partial charge in [0.1, 0.15) is 11.6 Å². The molecule has 0 aromatic heterocycles. The van der Waals surface area contributed by atoms with Gasteiger partial charge in [0.25, 0.3) is 0 Å². The molecule has 1 atom stereocenters. The van der Waals surface area contributed by atoms with Gasteiger partial charge in [-0.1, -0.05) is 17.7 Å². The van der Waals surface area contributed by atoms with E-state index in [2.05, 4.69) is 15.9 Å². The molecular formula is C17H13BrClFO2. The van der Waals surface area contributed by atoms with Crippen LogP contribution in [-0.4, -0.2) is 12.4 Å². The van der Waals surface area contributed by atoms with Gasteiger partial charge in [-0.25, -0.2) is 4.39 Å². The third kappa shape index (κ3) is 2.90. The van der Waals surface area contributed by atoms with E-state index in [1.807, 2.05) is 19.1 Å². The maximum absolute atomic E-state index is 13.1. The third-order valence-corrected chi connectivity index (χ3v) is 4.68. The summed E-state index contributed by atoms with van der Waals surface area (Å²) in [5.41, 5.74) is 2.32. The number of carbonyl (C=O) groups is 1. The van der Waals surface area contributed by atoms with Crippen molar-refractivity contribution in [3.05, 3.63) is 62.3 Å². The molecule has 2 nitrogen and oxygen atoms in total. The third-order valence-electron chi connectivity index (χ3n) is 3.73. The van der Waals surface area contributed by atoms with Gasteiger partial charge in [-0.05, 0) is 64.7 Å². The second-order valence-electron chi connectivity index (χ2n) is 5.44. The van der Waals surface area contributed by atoms with Crippen LogP contribution in [0.5, 0.6) is 5.75 Å². The Balaban J connectivity index is 1.90. The van der Waals surface area contributed by atoms with E-state index in [-0.39, 0.29) is 17.5 Å². The van der Waals surface area contributed by atoms with Gasteiger partial charge in [0.05, 0.1) is 22.6 Å². The first-order valence-electron chi connectivity index (χ1n) is 6.87. The SMILES string of the molecule is Cc1cc(Br)c2c(c1)C(=O)[C@H](Cc1ccc(F)cc1Cl)CO2. The Bertz CT molecular complexity index is 761. The van der Waals surface area contributed by atoms with E-state index in [0.29, 0.717) is 29.4 Å². The molecular weight excluding hydrogens is 371 g/mol. The van der Waals surface area contributed by atoms with E-state index >= 15 is 0 Å². The van der Waals surface area contributed by atoms with E-state index in [1.54, 1.807) is 6.07 Å². The van der Waals surface area contributed by atoms with Crippen LogP contribution in [0.25, 0.3) is 0 Å². The fourth-order valence-corrected chi connectivity index (χ4v) is 3.58. The maximum atomic E-state index is 13.1. The van der Waals surface area contributed by atoms with Crippen molar-refractivity contribution < 1.29 is 13.9 Å². The highest BCUT2D eigenvalue weighted by Crippen LogP contribution is 2.36. The minimum absolute atomic E-state index is 0.0334. The zero-order valence-electron chi connectivity index (χ0n) is 11.8. The molecule has 114 valence electrons. The summed E-state index contributed by atoms with van der Waals surface area (Å²) < 4.78 is 19.6. The van der Waals surface area contributed by atoms with Gasteiger partial charge in [0.15, 0.2) is 5.78 Å². The molecule has 0 aliphatic carbocycles. The fourth-order valence-electron chi connectivity index (χ4n) is 2.64. The van der Waals surface area contributed by atoms with E-state index < -0.39 is 0 Å². The molecule has 0 fully saturated rings. The number of aryl methyl sites for hydroxylation is 1. The zero-order valence-corrected chi connectivity index (χ0v) is 14.2. The molecule has 1 aliphatic heterocycles. The Morgan fingerprint density at radius 3 is 2.86 bits per heavy atom. The molecule has 0 bridgehead atoms. The molecule has 2 aromatic rings. The highest BCUT2D eigenvalue weighted by Gasteiger charge is 2.31. The molecule has 1 heterocycles. The first kappa shape index (κ1) is 15.5. The maximum Gasteiger partial charge on any atom is 0.173 e. The van der Waals surface area contributed by atoms with Gasteiger partial charge < -0.3 is 4.74 Å². The van der Waals surface area contributed by atoms with Gasteiger partial charge in [0, 0.05) is 5.02 Å². The second kappa shape index (κ2) is 6.01. The fraction of sp³-hybridized carbons (Fsp3) is 0.235. The number of rotatable bonds is 2. The minimum Gasteiger partial charge on any atom is -0.491 e. The highest BCUT2D eigenvalue weighted by atomic mass is 79.9. The van der Waals surface area contributed by atoms with E-state index in [1.165, 1.54) is 12.1 Å². The lowest BCUT2D eigenvalue weighted by Crippen LogP contribution is -2.30. The molecule has 0 unspecified atom stereocenters. The Kier molecular flexibility index (Phi) is 4.24. The second-order valence-corrected chi connectivity index (χ2v) is 6.70. The van der Waals surface area contributed by atoms with Crippen LogP contribution in [0.1, 0.15) is 21.5 Å². The van der Waals surface area contributed by atoms with Crippen molar-refractivity contribution in [3.63, 3.8) is 0 Å². The van der Waals surface area contributed by atoms with Gasteiger partial charge in [0.2, 0.25) is 0 Å². The number of carbonyl (C=O) groups excluding carboxylic acids is 1. The van der Waals surface area contributed by atoms with Crippen LogP contribution in [0.3, 0.4) is 0 Å². The quantitative estimate of drug-likeness (QED) is 0.731. The number of Topliss-reactive ketones (excluding diaryl/α,β-unsaturated/α-hetero) is 1. The van der Waals surface area contributed by atoms with Gasteiger partial charge >= 0.3 is 0 Å². The standard InChI is InChI=1S/C17H13BrClFO2/c1-9-4-13-16(21)11(8-22-17(13)14(18)5-9)6-10-2-3-12(20)7-15(10)19/h2-5,7,11H,6,8H2,1H3/t11-/m1/s1. The molecule has 0 spiro atoms. The molecule has 1 aliphatic rings. The van der Waals surface area contributed by atoms with E-state index in [4.69, 9.17) is 16.3 Å². The predicted molar refractivity (Wildman–Crippen MR) is 87.3 cm³/mol. The molecule has 5 heteroatoms. The summed E-state index contributed by atoms with van der Waals surface area (Å²) in [6.07, 6.45) is 0.433. The van der Waals surface area contributed by atoms with E-state index in [9.17, 15) is 9.18 Å². The summed E-state index contributed by atoms with van der Waals surface area (Å²) in [6, 6.07) is 7.99. The van der Waals surface area contributed by atoms with Crippen LogP contribution in [0.4, 0.5) is 4.39 Å². The Labute approximate surface area is 141 Å². The normalized spacial score (nSPS) is 17.1. The molecule has 0 saturated heterocycles. The summed E-state index contributed by atoms with van der Waals surface area (Å²) >= 11 is 9.47. The lowest BCUT2D eigenvalue weighted by Gasteiger charge is -2.25. The van der Waals surface area contributed by atoms with Crippen LogP contribution >= 0.6 is 27.5 Å². The number of ether oxygens (including phenoxy) is 1. The number of hydrogen-bond acceptors (Lipinski definition) is 2. The van der Waals surface area contributed by atoms with E-state index in [0.717, 1.165) is 15.6 Å². The topological polar surface area (TPSA) is 26.3 Å². The number of hydrogen-bond donors (Lipinski definition) is 0. The van der Waals surface area contributed by atoms with Gasteiger partial charge in [-0.2, -0.15) is 0 Å². The number of halogens is 3.